The number of nitrogens with zero attached hydrogens (tertiary/aromatic N) is 5. The van der Waals surface area contributed by atoms with Gasteiger partial charge in [0.1, 0.15) is 18.7 Å². The Morgan fingerprint density at radius 3 is 2.62 bits per heavy atom. The molecule has 1 aromatic heterocycles. The second-order valence-corrected chi connectivity index (χ2v) is 4.83. The molecule has 16 heavy (non-hydrogen) atoms. The average molecular weight is 224 g/mol. The summed E-state index contributed by atoms with van der Waals surface area (Å²) in [6.45, 7) is 6.67. The molecule has 6 nitrogen and oxygen atoms in total. The van der Waals surface area contributed by atoms with E-state index in [1.54, 1.807) is 11.2 Å². The Morgan fingerprint density at radius 2 is 2.12 bits per heavy atom. The van der Waals surface area contributed by atoms with E-state index in [1.807, 2.05) is 18.8 Å². The average Bonchev–Trinajstić information content (AvgIpc) is 2.60. The van der Waals surface area contributed by atoms with E-state index in [4.69, 9.17) is 5.73 Å². The van der Waals surface area contributed by atoms with Crippen molar-refractivity contribution in [3.05, 3.63) is 12.2 Å². The number of hydrogen-bond donors (Lipinski definition) is 1. The Kier molecular flexibility index (Phi) is 3.51. The largest absolute Gasteiger partial charge is 0.370 e. The molecular weight excluding hydrogens is 204 g/mol. The standard InChI is InChI=1S/C10H20N6/c1-10(2,3)16-8(13-7-14-16)6-12-9(11)15(4)5/h7H,6H2,1-5H3,(H2,11,12). The predicted octanol–water partition coefficient (Wildman–Crippen LogP) is 0.409. The first kappa shape index (κ1) is 12.5. The first-order valence-electron chi connectivity index (χ1n) is 5.19. The van der Waals surface area contributed by atoms with E-state index in [1.165, 1.54) is 0 Å². The molecule has 0 atom stereocenters. The van der Waals surface area contributed by atoms with E-state index >= 15 is 0 Å². The van der Waals surface area contributed by atoms with E-state index in [9.17, 15) is 0 Å². The topological polar surface area (TPSA) is 72.3 Å². The lowest BCUT2D eigenvalue weighted by molar-refractivity contribution is 0.341. The third-order valence-corrected chi connectivity index (χ3v) is 2.09. The second kappa shape index (κ2) is 4.51. The van der Waals surface area contributed by atoms with Crippen LogP contribution in [-0.4, -0.2) is 39.7 Å². The third kappa shape index (κ3) is 2.95. The van der Waals surface area contributed by atoms with Gasteiger partial charge in [0.2, 0.25) is 0 Å². The highest BCUT2D eigenvalue weighted by Crippen LogP contribution is 2.14. The SMILES string of the molecule is CN(C)C(N)=NCc1ncnn1C(C)(C)C. The van der Waals surface area contributed by atoms with Gasteiger partial charge in [0.25, 0.3) is 0 Å². The Morgan fingerprint density at radius 1 is 1.50 bits per heavy atom. The quantitative estimate of drug-likeness (QED) is 0.583. The summed E-state index contributed by atoms with van der Waals surface area (Å²) in [5.41, 5.74) is 5.62. The molecule has 0 fully saturated rings. The van der Waals surface area contributed by atoms with Gasteiger partial charge >= 0.3 is 0 Å². The van der Waals surface area contributed by atoms with Crippen molar-refractivity contribution in [2.24, 2.45) is 10.7 Å². The van der Waals surface area contributed by atoms with Gasteiger partial charge in [0.15, 0.2) is 5.96 Å². The number of guanidine groups is 1. The highest BCUT2D eigenvalue weighted by molar-refractivity contribution is 5.77. The fourth-order valence-corrected chi connectivity index (χ4v) is 1.23. The first-order chi connectivity index (χ1) is 7.32. The van der Waals surface area contributed by atoms with E-state index in [2.05, 4.69) is 35.8 Å². The van der Waals surface area contributed by atoms with Crippen molar-refractivity contribution in [1.29, 1.82) is 0 Å². The van der Waals surface area contributed by atoms with Crippen LogP contribution in [0.5, 0.6) is 0 Å². The van der Waals surface area contributed by atoms with Crippen molar-refractivity contribution in [3.8, 4) is 0 Å². The number of nitrogens with two attached hydrogens (primary N) is 1. The summed E-state index contributed by atoms with van der Waals surface area (Å²) >= 11 is 0. The molecule has 0 aliphatic heterocycles. The second-order valence-electron chi connectivity index (χ2n) is 4.83. The molecule has 0 saturated carbocycles. The third-order valence-electron chi connectivity index (χ3n) is 2.09. The summed E-state index contributed by atoms with van der Waals surface area (Å²) in [6.07, 6.45) is 1.54. The minimum atomic E-state index is -0.0891. The summed E-state index contributed by atoms with van der Waals surface area (Å²) < 4.78 is 1.86. The van der Waals surface area contributed by atoms with Gasteiger partial charge in [-0.2, -0.15) is 5.10 Å². The van der Waals surface area contributed by atoms with E-state index in [-0.39, 0.29) is 5.54 Å². The van der Waals surface area contributed by atoms with Crippen LogP contribution in [0.1, 0.15) is 26.6 Å². The monoisotopic (exact) mass is 224 g/mol. The minimum absolute atomic E-state index is 0.0891. The van der Waals surface area contributed by atoms with Crippen LogP contribution in [0.2, 0.25) is 0 Å². The molecule has 0 radical (unpaired) electrons. The zero-order valence-corrected chi connectivity index (χ0v) is 10.6. The highest BCUT2D eigenvalue weighted by Gasteiger charge is 2.17. The summed E-state index contributed by atoms with van der Waals surface area (Å²) in [6, 6.07) is 0. The maximum Gasteiger partial charge on any atom is 0.191 e. The van der Waals surface area contributed by atoms with Crippen molar-refractivity contribution in [2.45, 2.75) is 32.9 Å². The number of aromatic nitrogens is 3. The van der Waals surface area contributed by atoms with Crippen molar-refractivity contribution >= 4 is 5.96 Å². The smallest absolute Gasteiger partial charge is 0.191 e. The summed E-state index contributed by atoms with van der Waals surface area (Å²) in [5, 5.41) is 4.19. The number of aliphatic imine (C=N–C) groups is 1. The molecular formula is C10H20N6. The lowest BCUT2D eigenvalue weighted by Crippen LogP contribution is -2.31. The van der Waals surface area contributed by atoms with E-state index < -0.39 is 0 Å². The van der Waals surface area contributed by atoms with Gasteiger partial charge in [-0.3, -0.25) is 0 Å². The summed E-state index contributed by atoms with van der Waals surface area (Å²) in [4.78, 5) is 10.2. The van der Waals surface area contributed by atoms with Gasteiger partial charge < -0.3 is 10.6 Å². The summed E-state index contributed by atoms with van der Waals surface area (Å²) in [5.74, 6) is 1.31. The molecule has 0 unspecified atom stereocenters. The molecule has 2 N–H and O–H groups in total. The van der Waals surface area contributed by atoms with Crippen LogP contribution in [0.15, 0.2) is 11.3 Å². The van der Waals surface area contributed by atoms with Crippen LogP contribution in [0.3, 0.4) is 0 Å². The Hall–Kier alpha value is -1.59. The Labute approximate surface area is 96.2 Å². The minimum Gasteiger partial charge on any atom is -0.370 e. The normalized spacial score (nSPS) is 12.9. The van der Waals surface area contributed by atoms with Crippen molar-refractivity contribution in [1.82, 2.24) is 19.7 Å². The fourth-order valence-electron chi connectivity index (χ4n) is 1.23. The lowest BCUT2D eigenvalue weighted by Gasteiger charge is -2.20. The number of hydrogen-bond acceptors (Lipinski definition) is 3. The molecule has 0 aliphatic carbocycles. The predicted molar refractivity (Wildman–Crippen MR) is 64.0 cm³/mol. The molecule has 0 saturated heterocycles. The first-order valence-corrected chi connectivity index (χ1v) is 5.19. The zero-order chi connectivity index (χ0) is 12.3. The van der Waals surface area contributed by atoms with E-state index in [0.29, 0.717) is 12.5 Å². The molecule has 1 aromatic rings. The van der Waals surface area contributed by atoms with Gasteiger partial charge in [0, 0.05) is 14.1 Å². The maximum absolute atomic E-state index is 5.71. The van der Waals surface area contributed by atoms with Crippen molar-refractivity contribution in [2.75, 3.05) is 14.1 Å². The highest BCUT2D eigenvalue weighted by atomic mass is 15.4. The molecule has 1 heterocycles. The molecule has 0 bridgehead atoms. The van der Waals surface area contributed by atoms with Crippen LogP contribution in [-0.2, 0) is 12.1 Å². The molecule has 1 rings (SSSR count). The number of rotatable bonds is 2. The van der Waals surface area contributed by atoms with Crippen molar-refractivity contribution in [3.63, 3.8) is 0 Å². The lowest BCUT2D eigenvalue weighted by atomic mass is 10.1. The molecule has 0 spiro atoms. The van der Waals surface area contributed by atoms with Gasteiger partial charge in [-0.1, -0.05) is 0 Å². The van der Waals surface area contributed by atoms with Crippen molar-refractivity contribution < 1.29 is 0 Å². The molecule has 0 aromatic carbocycles. The van der Waals surface area contributed by atoms with Crippen LogP contribution < -0.4 is 5.73 Å². The summed E-state index contributed by atoms with van der Waals surface area (Å²) in [7, 11) is 3.71. The van der Waals surface area contributed by atoms with Gasteiger partial charge in [-0.15, -0.1) is 0 Å². The van der Waals surface area contributed by atoms with Crippen LogP contribution in [0.25, 0.3) is 0 Å². The van der Waals surface area contributed by atoms with Gasteiger partial charge in [0.05, 0.1) is 5.54 Å². The van der Waals surface area contributed by atoms with Crippen LogP contribution in [0, 0.1) is 0 Å². The van der Waals surface area contributed by atoms with Crippen LogP contribution in [0.4, 0.5) is 0 Å². The van der Waals surface area contributed by atoms with Gasteiger partial charge in [-0.05, 0) is 20.8 Å². The molecule has 0 amide bonds. The molecule has 0 aliphatic rings. The Balaban J connectivity index is 2.84. The fraction of sp³-hybridized carbons (Fsp3) is 0.700. The molecule has 6 heteroatoms. The maximum atomic E-state index is 5.71. The Bertz CT molecular complexity index is 371. The van der Waals surface area contributed by atoms with Crippen LogP contribution >= 0.6 is 0 Å². The zero-order valence-electron chi connectivity index (χ0n) is 10.6. The van der Waals surface area contributed by atoms with Gasteiger partial charge in [-0.25, -0.2) is 14.7 Å². The molecule has 90 valence electrons. The van der Waals surface area contributed by atoms with E-state index in [0.717, 1.165) is 5.82 Å².